The Balaban J connectivity index is 2.51. The van der Waals surface area contributed by atoms with E-state index in [2.05, 4.69) is 45.9 Å². The van der Waals surface area contributed by atoms with E-state index in [1.165, 1.54) is 30.4 Å². The van der Waals surface area contributed by atoms with Crippen molar-refractivity contribution in [2.24, 2.45) is 5.92 Å². The molecule has 1 atom stereocenters. The molecular weight excluding hydrogens is 220 g/mol. The zero-order valence-corrected chi connectivity index (χ0v) is 12.2. The summed E-state index contributed by atoms with van der Waals surface area (Å²) in [4.78, 5) is 0. The van der Waals surface area contributed by atoms with E-state index >= 15 is 0 Å². The van der Waals surface area contributed by atoms with Crippen LogP contribution in [0.4, 0.5) is 0 Å². The topological polar surface area (TPSA) is 9.23 Å². The van der Waals surface area contributed by atoms with E-state index in [0.29, 0.717) is 17.8 Å². The third-order valence-electron chi connectivity index (χ3n) is 4.06. The summed E-state index contributed by atoms with van der Waals surface area (Å²) in [6, 6.07) is 6.58. The van der Waals surface area contributed by atoms with Gasteiger partial charge in [0.2, 0.25) is 0 Å². The smallest absolute Gasteiger partial charge is 0.123 e. The number of fused-ring (bicyclic) bond motifs is 1. The molecule has 1 heterocycles. The third-order valence-corrected chi connectivity index (χ3v) is 4.06. The van der Waals surface area contributed by atoms with Gasteiger partial charge in [-0.15, -0.1) is 0 Å². The van der Waals surface area contributed by atoms with Crippen molar-refractivity contribution in [1.82, 2.24) is 0 Å². The number of benzene rings is 1. The predicted octanol–water partition coefficient (Wildman–Crippen LogP) is 5.11. The average Bonchev–Trinajstić information content (AvgIpc) is 2.28. The van der Waals surface area contributed by atoms with E-state index in [1.807, 2.05) is 0 Å². The van der Waals surface area contributed by atoms with Crippen molar-refractivity contribution in [2.45, 2.75) is 58.8 Å². The summed E-state index contributed by atoms with van der Waals surface area (Å²) in [7, 11) is 0. The van der Waals surface area contributed by atoms with Crippen molar-refractivity contribution in [3.63, 3.8) is 0 Å². The van der Waals surface area contributed by atoms with Gasteiger partial charge in [0, 0.05) is 5.56 Å². The molecule has 1 heteroatoms. The highest BCUT2D eigenvalue weighted by atomic mass is 16.5. The lowest BCUT2D eigenvalue weighted by molar-refractivity contribution is 0.275. The molecule has 18 heavy (non-hydrogen) atoms. The second-order valence-electron chi connectivity index (χ2n) is 6.11. The largest absolute Gasteiger partial charge is 0.493 e. The number of hydrogen-bond donors (Lipinski definition) is 0. The summed E-state index contributed by atoms with van der Waals surface area (Å²) >= 11 is 0. The fraction of sp³-hybridized carbons (Fsp3) is 0.647. The molecule has 1 aliphatic rings. The number of ether oxygens (including phenoxy) is 1. The Kier molecular flexibility index (Phi) is 4.31. The fourth-order valence-electron chi connectivity index (χ4n) is 3.05. The first kappa shape index (κ1) is 13.5. The molecule has 100 valence electrons. The SMILES string of the molecule is CC(C)c1cccc2c1C(C(C)C)CCCCO2. The Morgan fingerprint density at radius 2 is 1.89 bits per heavy atom. The first-order valence-corrected chi connectivity index (χ1v) is 7.37. The molecule has 0 radical (unpaired) electrons. The van der Waals surface area contributed by atoms with Gasteiger partial charge in [0.15, 0.2) is 0 Å². The fourth-order valence-corrected chi connectivity index (χ4v) is 3.05. The molecule has 1 aromatic rings. The van der Waals surface area contributed by atoms with Gasteiger partial charge in [0.05, 0.1) is 6.61 Å². The van der Waals surface area contributed by atoms with Crippen molar-refractivity contribution in [3.05, 3.63) is 29.3 Å². The zero-order valence-electron chi connectivity index (χ0n) is 12.2. The Morgan fingerprint density at radius 1 is 1.11 bits per heavy atom. The van der Waals surface area contributed by atoms with Crippen LogP contribution in [0.5, 0.6) is 5.75 Å². The van der Waals surface area contributed by atoms with Crippen LogP contribution < -0.4 is 4.74 Å². The van der Waals surface area contributed by atoms with Gasteiger partial charge in [-0.3, -0.25) is 0 Å². The molecule has 1 aliphatic heterocycles. The Labute approximate surface area is 112 Å². The molecule has 0 N–H and O–H groups in total. The van der Waals surface area contributed by atoms with Gasteiger partial charge in [-0.05, 0) is 48.6 Å². The van der Waals surface area contributed by atoms with Gasteiger partial charge >= 0.3 is 0 Å². The van der Waals surface area contributed by atoms with Crippen LogP contribution in [0.3, 0.4) is 0 Å². The summed E-state index contributed by atoms with van der Waals surface area (Å²) in [5.74, 6) is 3.05. The van der Waals surface area contributed by atoms with E-state index in [1.54, 1.807) is 0 Å². The lowest BCUT2D eigenvalue weighted by Gasteiger charge is -2.29. The highest BCUT2D eigenvalue weighted by Crippen LogP contribution is 2.41. The first-order chi connectivity index (χ1) is 8.61. The van der Waals surface area contributed by atoms with Gasteiger partial charge in [-0.2, -0.15) is 0 Å². The van der Waals surface area contributed by atoms with Gasteiger partial charge in [-0.1, -0.05) is 39.8 Å². The Bertz CT molecular complexity index is 393. The molecule has 0 saturated heterocycles. The molecule has 0 bridgehead atoms. The summed E-state index contributed by atoms with van der Waals surface area (Å²) in [6.07, 6.45) is 3.78. The van der Waals surface area contributed by atoms with Crippen molar-refractivity contribution in [3.8, 4) is 5.75 Å². The molecule has 0 fully saturated rings. The van der Waals surface area contributed by atoms with E-state index < -0.39 is 0 Å². The second kappa shape index (κ2) is 5.77. The molecule has 1 unspecified atom stereocenters. The van der Waals surface area contributed by atoms with E-state index in [0.717, 1.165) is 12.4 Å². The van der Waals surface area contributed by atoms with Crippen molar-refractivity contribution >= 4 is 0 Å². The lowest BCUT2D eigenvalue weighted by Crippen LogP contribution is -2.16. The Morgan fingerprint density at radius 3 is 2.56 bits per heavy atom. The van der Waals surface area contributed by atoms with Gasteiger partial charge in [0.1, 0.15) is 5.75 Å². The van der Waals surface area contributed by atoms with Crippen LogP contribution in [0.1, 0.15) is 69.9 Å². The number of rotatable bonds is 2. The van der Waals surface area contributed by atoms with Crippen molar-refractivity contribution < 1.29 is 4.74 Å². The van der Waals surface area contributed by atoms with Crippen LogP contribution in [-0.2, 0) is 0 Å². The van der Waals surface area contributed by atoms with Crippen molar-refractivity contribution in [1.29, 1.82) is 0 Å². The summed E-state index contributed by atoms with van der Waals surface area (Å²) in [5, 5.41) is 0. The summed E-state index contributed by atoms with van der Waals surface area (Å²) < 4.78 is 6.00. The average molecular weight is 246 g/mol. The van der Waals surface area contributed by atoms with Crippen LogP contribution in [0.15, 0.2) is 18.2 Å². The molecule has 0 spiro atoms. The van der Waals surface area contributed by atoms with Crippen molar-refractivity contribution in [2.75, 3.05) is 6.61 Å². The normalized spacial score (nSPS) is 20.2. The van der Waals surface area contributed by atoms with Crippen LogP contribution >= 0.6 is 0 Å². The Hall–Kier alpha value is -0.980. The second-order valence-corrected chi connectivity index (χ2v) is 6.11. The van der Waals surface area contributed by atoms with Crippen LogP contribution in [-0.4, -0.2) is 6.61 Å². The maximum atomic E-state index is 6.00. The van der Waals surface area contributed by atoms with E-state index in [9.17, 15) is 0 Å². The lowest BCUT2D eigenvalue weighted by atomic mass is 9.79. The number of hydrogen-bond acceptors (Lipinski definition) is 1. The predicted molar refractivity (Wildman–Crippen MR) is 77.5 cm³/mol. The molecule has 0 aliphatic carbocycles. The van der Waals surface area contributed by atoms with Gasteiger partial charge in [0.25, 0.3) is 0 Å². The molecule has 2 rings (SSSR count). The van der Waals surface area contributed by atoms with Crippen LogP contribution in [0, 0.1) is 5.92 Å². The highest BCUT2D eigenvalue weighted by molar-refractivity contribution is 5.45. The minimum absolute atomic E-state index is 0.573. The minimum atomic E-state index is 0.573. The third kappa shape index (κ3) is 2.71. The molecule has 1 aromatic carbocycles. The summed E-state index contributed by atoms with van der Waals surface area (Å²) in [6.45, 7) is 10.1. The molecule has 0 aromatic heterocycles. The standard InChI is InChI=1S/C17H26O/c1-12(2)14-8-5-6-11-18-16-10-7-9-15(13(3)4)17(14)16/h7,9-10,12-14H,5-6,8,11H2,1-4H3. The first-order valence-electron chi connectivity index (χ1n) is 7.37. The van der Waals surface area contributed by atoms with E-state index in [-0.39, 0.29) is 0 Å². The maximum Gasteiger partial charge on any atom is 0.123 e. The van der Waals surface area contributed by atoms with Gasteiger partial charge < -0.3 is 4.74 Å². The van der Waals surface area contributed by atoms with Crippen LogP contribution in [0.25, 0.3) is 0 Å². The molecule has 1 nitrogen and oxygen atoms in total. The quantitative estimate of drug-likeness (QED) is 0.704. The van der Waals surface area contributed by atoms with E-state index in [4.69, 9.17) is 4.74 Å². The highest BCUT2D eigenvalue weighted by Gasteiger charge is 2.25. The monoisotopic (exact) mass is 246 g/mol. The molecule has 0 amide bonds. The minimum Gasteiger partial charge on any atom is -0.493 e. The van der Waals surface area contributed by atoms with Crippen LogP contribution in [0.2, 0.25) is 0 Å². The van der Waals surface area contributed by atoms with Gasteiger partial charge in [-0.25, -0.2) is 0 Å². The zero-order chi connectivity index (χ0) is 13.1. The molecule has 0 saturated carbocycles. The summed E-state index contributed by atoms with van der Waals surface area (Å²) in [5.41, 5.74) is 2.97. The molecular formula is C17H26O. The maximum absolute atomic E-state index is 6.00.